The van der Waals surface area contributed by atoms with E-state index in [9.17, 15) is 14.4 Å². The maximum Gasteiger partial charge on any atom is 0.273 e. The number of aryl methyl sites for hydroxylation is 1. The second-order valence-electron chi connectivity index (χ2n) is 7.95. The molecule has 3 aromatic rings. The third kappa shape index (κ3) is 4.96. The Balaban J connectivity index is 1.76. The number of hydrogen-bond acceptors (Lipinski definition) is 8. The number of nitrogens with two attached hydrogens (primary N) is 2. The first-order chi connectivity index (χ1) is 16.4. The summed E-state index contributed by atoms with van der Waals surface area (Å²) in [6.07, 6.45) is 1.78. The highest BCUT2D eigenvalue weighted by Gasteiger charge is 2.37. The number of anilines is 2. The molecule has 0 radical (unpaired) electrons. The van der Waals surface area contributed by atoms with E-state index in [0.717, 1.165) is 29.9 Å². The lowest BCUT2D eigenvalue weighted by Gasteiger charge is -2.31. The van der Waals surface area contributed by atoms with Crippen LogP contribution in [0.2, 0.25) is 0 Å². The number of benzene rings is 1. The number of primary amides is 1. The van der Waals surface area contributed by atoms with E-state index in [2.05, 4.69) is 9.69 Å². The topological polar surface area (TPSA) is 141 Å². The van der Waals surface area contributed by atoms with Gasteiger partial charge in [0.15, 0.2) is 11.7 Å². The van der Waals surface area contributed by atoms with Crippen LogP contribution in [0.15, 0.2) is 41.8 Å². The maximum atomic E-state index is 13.9. The summed E-state index contributed by atoms with van der Waals surface area (Å²) in [7, 11) is 0. The zero-order valence-corrected chi connectivity index (χ0v) is 20.2. The van der Waals surface area contributed by atoms with Crippen LogP contribution in [-0.4, -0.2) is 41.4 Å². The van der Waals surface area contributed by atoms with Crippen LogP contribution < -0.4 is 21.7 Å². The lowest BCUT2D eigenvalue weighted by atomic mass is 10.1. The van der Waals surface area contributed by atoms with Gasteiger partial charge in [-0.15, -0.1) is 11.3 Å². The Morgan fingerprint density at radius 2 is 2.12 bits per heavy atom. The molecule has 9 nitrogen and oxygen atoms in total. The molecule has 5 N–H and O–H groups in total. The Morgan fingerprint density at radius 1 is 1.29 bits per heavy atom. The number of nitrogens with zero attached hydrogens (tertiary/aromatic N) is 2. The lowest BCUT2D eigenvalue weighted by Crippen LogP contribution is -2.45. The van der Waals surface area contributed by atoms with Crippen molar-refractivity contribution in [2.45, 2.75) is 31.9 Å². The average molecular weight is 500 g/mol. The maximum absolute atomic E-state index is 13.9. The fraction of sp³-hybridized carbons (Fsp3) is 0.304. The number of hydrogen-bond donors (Lipinski definition) is 3. The molecule has 0 bridgehead atoms. The summed E-state index contributed by atoms with van der Waals surface area (Å²) in [6, 6.07) is 9.95. The van der Waals surface area contributed by atoms with Gasteiger partial charge in [0.25, 0.3) is 11.8 Å². The molecule has 1 fully saturated rings. The molecule has 34 heavy (non-hydrogen) atoms. The summed E-state index contributed by atoms with van der Waals surface area (Å²) < 4.78 is 9.60. The number of rotatable bonds is 8. The molecule has 0 unspecified atom stereocenters. The van der Waals surface area contributed by atoms with Crippen molar-refractivity contribution in [3.63, 3.8) is 0 Å². The van der Waals surface area contributed by atoms with Gasteiger partial charge in [-0.25, -0.2) is 0 Å². The van der Waals surface area contributed by atoms with Gasteiger partial charge in [-0.3, -0.25) is 19.3 Å². The van der Waals surface area contributed by atoms with Crippen LogP contribution in [0.25, 0.3) is 0 Å². The van der Waals surface area contributed by atoms with Crippen LogP contribution >= 0.6 is 22.9 Å². The monoisotopic (exact) mass is 499 g/mol. The number of amides is 3. The van der Waals surface area contributed by atoms with Crippen molar-refractivity contribution in [3.05, 3.63) is 62.8 Å². The number of thiophene rings is 1. The molecule has 2 aromatic heterocycles. The predicted octanol–water partition coefficient (Wildman–Crippen LogP) is 2.88. The van der Waals surface area contributed by atoms with Crippen molar-refractivity contribution in [1.82, 2.24) is 9.69 Å². The van der Waals surface area contributed by atoms with E-state index < -0.39 is 17.9 Å². The van der Waals surface area contributed by atoms with Crippen molar-refractivity contribution in [2.24, 2.45) is 5.73 Å². The molecule has 3 amide bonds. The first-order valence-corrected chi connectivity index (χ1v) is 12.4. The lowest BCUT2D eigenvalue weighted by molar-refractivity contribution is -0.122. The van der Waals surface area contributed by atoms with Crippen LogP contribution in [0.4, 0.5) is 11.4 Å². The number of ether oxygens (including phenoxy) is 1. The first-order valence-electron chi connectivity index (χ1n) is 10.7. The van der Waals surface area contributed by atoms with E-state index in [4.69, 9.17) is 16.2 Å². The fourth-order valence-electron chi connectivity index (χ4n) is 3.84. The van der Waals surface area contributed by atoms with E-state index in [1.54, 1.807) is 6.07 Å². The number of carbonyl (C=O) groups is 3. The number of nitrogens with one attached hydrogen (secondary N) is 1. The first kappa shape index (κ1) is 23.9. The minimum absolute atomic E-state index is 0.0452. The molecule has 11 heteroatoms. The molecule has 0 saturated carbocycles. The summed E-state index contributed by atoms with van der Waals surface area (Å²) in [6.45, 7) is 2.93. The molecule has 2 atom stereocenters. The summed E-state index contributed by atoms with van der Waals surface area (Å²) in [5, 5.41) is 4.80. The second-order valence-corrected chi connectivity index (χ2v) is 9.70. The number of carbonyl (C=O) groups excluding carboxylic acids is 3. The smallest absolute Gasteiger partial charge is 0.273 e. The van der Waals surface area contributed by atoms with Crippen LogP contribution in [0.5, 0.6) is 0 Å². The molecule has 0 spiro atoms. The van der Waals surface area contributed by atoms with Crippen LogP contribution in [0, 0.1) is 6.92 Å². The largest absolute Gasteiger partial charge is 0.395 e. The van der Waals surface area contributed by atoms with Gasteiger partial charge >= 0.3 is 0 Å². The quantitative estimate of drug-likeness (QED) is 0.435. The van der Waals surface area contributed by atoms with Gasteiger partial charge < -0.3 is 21.5 Å². The molecule has 1 saturated heterocycles. The van der Waals surface area contributed by atoms with Crippen LogP contribution in [0.1, 0.15) is 49.5 Å². The third-order valence-electron chi connectivity index (χ3n) is 5.50. The van der Waals surface area contributed by atoms with Crippen molar-refractivity contribution < 1.29 is 19.1 Å². The average Bonchev–Trinajstić information content (AvgIpc) is 3.57. The molecular weight excluding hydrogens is 474 g/mol. The van der Waals surface area contributed by atoms with Crippen LogP contribution in [0.3, 0.4) is 0 Å². The Morgan fingerprint density at radius 3 is 2.74 bits per heavy atom. The molecule has 1 aliphatic rings. The molecule has 0 aliphatic carbocycles. The Kier molecular flexibility index (Phi) is 7.25. The molecule has 1 aromatic carbocycles. The SMILES string of the molecule is Cc1cccc(N(C(=O)c2snc(C(N)=O)c2N)[C@@H](C(=O)NC[C@H]2CCCO2)c2cccs2)c1. The van der Waals surface area contributed by atoms with Gasteiger partial charge in [-0.05, 0) is 60.4 Å². The van der Waals surface area contributed by atoms with Crippen molar-refractivity contribution in [3.8, 4) is 0 Å². The van der Waals surface area contributed by atoms with Crippen molar-refractivity contribution >= 4 is 52.0 Å². The van der Waals surface area contributed by atoms with Gasteiger partial charge in [0.1, 0.15) is 4.88 Å². The summed E-state index contributed by atoms with van der Waals surface area (Å²) >= 11 is 2.15. The van der Waals surface area contributed by atoms with Gasteiger partial charge in [0, 0.05) is 23.7 Å². The van der Waals surface area contributed by atoms with Gasteiger partial charge in [-0.2, -0.15) is 4.37 Å². The van der Waals surface area contributed by atoms with Gasteiger partial charge in [0.2, 0.25) is 5.91 Å². The van der Waals surface area contributed by atoms with Crippen molar-refractivity contribution in [1.29, 1.82) is 0 Å². The minimum Gasteiger partial charge on any atom is -0.395 e. The predicted molar refractivity (Wildman–Crippen MR) is 132 cm³/mol. The zero-order chi connectivity index (χ0) is 24.2. The molecule has 178 valence electrons. The van der Waals surface area contributed by atoms with E-state index in [-0.39, 0.29) is 28.3 Å². The fourth-order valence-corrected chi connectivity index (χ4v) is 5.39. The molecule has 4 rings (SSSR count). The standard InChI is InChI=1S/C23H25N5O4S2/c1-13-5-2-6-14(11-13)28(23(31)20-17(24)18(21(25)29)27-34-20)19(16-8-4-10-33-16)22(30)26-12-15-7-3-9-32-15/h2,4-6,8,10-11,15,19H,3,7,9,12,24H2,1H3,(H2,25,29)(H,26,30)/t15-,19-/m1/s1. The van der Waals surface area contributed by atoms with Crippen molar-refractivity contribution in [2.75, 3.05) is 23.8 Å². The van der Waals surface area contributed by atoms with E-state index in [1.807, 2.05) is 42.6 Å². The van der Waals surface area contributed by atoms with E-state index in [0.29, 0.717) is 23.7 Å². The number of nitrogen functional groups attached to an aromatic ring is 1. The Hall–Kier alpha value is -3.28. The van der Waals surface area contributed by atoms with Gasteiger partial charge in [0.05, 0.1) is 11.8 Å². The van der Waals surface area contributed by atoms with Crippen LogP contribution in [-0.2, 0) is 9.53 Å². The van der Waals surface area contributed by atoms with E-state index in [1.165, 1.54) is 16.2 Å². The summed E-state index contributed by atoms with van der Waals surface area (Å²) in [5.41, 5.74) is 12.6. The van der Waals surface area contributed by atoms with E-state index >= 15 is 0 Å². The highest BCUT2D eigenvalue weighted by atomic mass is 32.1. The molecule has 3 heterocycles. The van der Waals surface area contributed by atoms with Gasteiger partial charge in [-0.1, -0.05) is 18.2 Å². The molecule has 1 aliphatic heterocycles. The minimum atomic E-state index is -0.964. The highest BCUT2D eigenvalue weighted by molar-refractivity contribution is 7.10. The Labute approximate surface area is 204 Å². The third-order valence-corrected chi connectivity index (χ3v) is 7.28. The number of aromatic nitrogens is 1. The summed E-state index contributed by atoms with van der Waals surface area (Å²) in [5.74, 6) is -1.70. The highest BCUT2D eigenvalue weighted by Crippen LogP contribution is 2.35. The second kappa shape index (κ2) is 10.3. The normalized spacial score (nSPS) is 16.2. The zero-order valence-electron chi connectivity index (χ0n) is 18.5. The molecular formula is C23H25N5O4S2. The summed E-state index contributed by atoms with van der Waals surface area (Å²) in [4.78, 5) is 41.2. The Bertz CT molecular complexity index is 1190.